The zero-order chi connectivity index (χ0) is 20.1. The first-order valence-electron chi connectivity index (χ1n) is 11.1. The SMILES string of the molecule is CCCCC1CC(C)CCCC2(C)OC2CCOC(=O)CCC(C)(C)C1=O. The Morgan fingerprint density at radius 2 is 1.85 bits per heavy atom. The van der Waals surface area contributed by atoms with Gasteiger partial charge in [0, 0.05) is 24.2 Å². The third-order valence-electron chi connectivity index (χ3n) is 6.63. The fourth-order valence-corrected chi connectivity index (χ4v) is 4.53. The Hall–Kier alpha value is -0.900. The van der Waals surface area contributed by atoms with E-state index in [1.54, 1.807) is 0 Å². The van der Waals surface area contributed by atoms with Gasteiger partial charge in [0.05, 0.1) is 18.3 Å². The van der Waals surface area contributed by atoms with Crippen LogP contribution < -0.4 is 0 Å². The van der Waals surface area contributed by atoms with Crippen molar-refractivity contribution in [3.05, 3.63) is 0 Å². The van der Waals surface area contributed by atoms with Gasteiger partial charge in [0.1, 0.15) is 5.78 Å². The number of unbranched alkanes of at least 4 members (excludes halogenated alkanes) is 1. The Morgan fingerprint density at radius 1 is 1.11 bits per heavy atom. The Morgan fingerprint density at radius 3 is 2.56 bits per heavy atom. The topological polar surface area (TPSA) is 55.9 Å². The number of epoxide rings is 1. The van der Waals surface area contributed by atoms with Crippen LogP contribution in [0.3, 0.4) is 0 Å². The fourth-order valence-electron chi connectivity index (χ4n) is 4.53. The lowest BCUT2D eigenvalue weighted by molar-refractivity contribution is -0.145. The summed E-state index contributed by atoms with van der Waals surface area (Å²) < 4.78 is 11.3. The molecule has 0 aromatic heterocycles. The molecule has 2 saturated heterocycles. The van der Waals surface area contributed by atoms with Crippen molar-refractivity contribution in [3.63, 3.8) is 0 Å². The molecule has 0 radical (unpaired) electrons. The third-order valence-corrected chi connectivity index (χ3v) is 6.63. The van der Waals surface area contributed by atoms with E-state index in [1.807, 2.05) is 13.8 Å². The van der Waals surface area contributed by atoms with Gasteiger partial charge in [-0.1, -0.05) is 53.4 Å². The number of esters is 1. The summed E-state index contributed by atoms with van der Waals surface area (Å²) in [5.41, 5.74) is -0.505. The van der Waals surface area contributed by atoms with Crippen molar-refractivity contribution in [2.45, 2.75) is 111 Å². The van der Waals surface area contributed by atoms with Crippen LogP contribution in [0.4, 0.5) is 0 Å². The lowest BCUT2D eigenvalue weighted by Crippen LogP contribution is -2.33. The molecule has 0 bridgehead atoms. The van der Waals surface area contributed by atoms with Crippen LogP contribution in [0.2, 0.25) is 0 Å². The minimum Gasteiger partial charge on any atom is -0.466 e. The van der Waals surface area contributed by atoms with Gasteiger partial charge in [-0.25, -0.2) is 0 Å². The Bertz CT molecular complexity index is 513. The van der Waals surface area contributed by atoms with Gasteiger partial charge in [-0.3, -0.25) is 9.59 Å². The van der Waals surface area contributed by atoms with Crippen LogP contribution in [0.15, 0.2) is 0 Å². The van der Waals surface area contributed by atoms with Crippen molar-refractivity contribution in [1.82, 2.24) is 0 Å². The smallest absolute Gasteiger partial charge is 0.305 e. The van der Waals surface area contributed by atoms with E-state index in [0.717, 1.165) is 51.4 Å². The highest BCUT2D eigenvalue weighted by atomic mass is 16.6. The monoisotopic (exact) mass is 380 g/mol. The molecule has 156 valence electrons. The number of hydrogen-bond donors (Lipinski definition) is 0. The molecule has 0 aliphatic carbocycles. The molecule has 27 heavy (non-hydrogen) atoms. The van der Waals surface area contributed by atoms with Crippen molar-refractivity contribution < 1.29 is 19.1 Å². The van der Waals surface area contributed by atoms with Crippen molar-refractivity contribution in [1.29, 1.82) is 0 Å². The predicted octanol–water partition coefficient (Wildman–Crippen LogP) is 5.47. The average molecular weight is 381 g/mol. The van der Waals surface area contributed by atoms with Crippen molar-refractivity contribution in [3.8, 4) is 0 Å². The first-order valence-corrected chi connectivity index (χ1v) is 11.1. The van der Waals surface area contributed by atoms with E-state index in [9.17, 15) is 9.59 Å². The molecule has 2 rings (SSSR count). The minimum absolute atomic E-state index is 0.0391. The van der Waals surface area contributed by atoms with E-state index in [2.05, 4.69) is 20.8 Å². The molecule has 0 aromatic rings. The largest absolute Gasteiger partial charge is 0.466 e. The molecule has 2 aliphatic rings. The second kappa shape index (κ2) is 9.54. The Kier molecular flexibility index (Phi) is 7.91. The van der Waals surface area contributed by atoms with Crippen molar-refractivity contribution >= 4 is 11.8 Å². The van der Waals surface area contributed by atoms with Crippen LogP contribution in [0.5, 0.6) is 0 Å². The fraction of sp³-hybridized carbons (Fsp3) is 0.913. The van der Waals surface area contributed by atoms with Gasteiger partial charge in [-0.05, 0) is 38.5 Å². The van der Waals surface area contributed by atoms with E-state index < -0.39 is 5.41 Å². The molecule has 0 saturated carbocycles. The maximum absolute atomic E-state index is 13.3. The third kappa shape index (κ3) is 6.58. The number of hydrogen-bond acceptors (Lipinski definition) is 4. The zero-order valence-corrected chi connectivity index (χ0v) is 18.1. The molecule has 4 heteroatoms. The second-order valence-corrected chi connectivity index (χ2v) is 9.75. The number of ether oxygens (including phenoxy) is 2. The summed E-state index contributed by atoms with van der Waals surface area (Å²) >= 11 is 0. The van der Waals surface area contributed by atoms with E-state index >= 15 is 0 Å². The Labute approximate surface area is 165 Å². The number of carbonyl (C=O) groups is 2. The molecule has 0 amide bonds. The molecule has 0 aromatic carbocycles. The molecule has 2 fully saturated rings. The summed E-state index contributed by atoms with van der Waals surface area (Å²) in [4.78, 5) is 25.4. The number of ketones is 1. The van der Waals surface area contributed by atoms with Gasteiger partial charge in [0.15, 0.2) is 0 Å². The van der Waals surface area contributed by atoms with Gasteiger partial charge in [-0.2, -0.15) is 0 Å². The molecular weight excluding hydrogens is 340 g/mol. The standard InChI is InChI=1S/C23H40O4/c1-6-7-10-18-16-17(2)9-8-13-23(5)19(27-23)12-15-26-20(24)11-14-22(3,4)21(18)25/h17-19H,6-16H2,1-5H3. The van der Waals surface area contributed by atoms with E-state index in [1.165, 1.54) is 0 Å². The normalized spacial score (nSPS) is 36.0. The van der Waals surface area contributed by atoms with Gasteiger partial charge < -0.3 is 9.47 Å². The number of rotatable bonds is 3. The maximum atomic E-state index is 13.3. The van der Waals surface area contributed by atoms with Gasteiger partial charge in [0.2, 0.25) is 0 Å². The van der Waals surface area contributed by atoms with Gasteiger partial charge in [0.25, 0.3) is 0 Å². The molecule has 4 nitrogen and oxygen atoms in total. The second-order valence-electron chi connectivity index (χ2n) is 9.75. The lowest BCUT2D eigenvalue weighted by Gasteiger charge is -2.30. The number of fused-ring (bicyclic) bond motifs is 1. The number of carbonyl (C=O) groups excluding carboxylic acids is 2. The summed E-state index contributed by atoms with van der Waals surface area (Å²) in [6, 6.07) is 0. The first kappa shape index (κ1) is 22.4. The lowest BCUT2D eigenvalue weighted by atomic mass is 9.73. The predicted molar refractivity (Wildman–Crippen MR) is 108 cm³/mol. The quantitative estimate of drug-likeness (QED) is 0.481. The van der Waals surface area contributed by atoms with E-state index in [-0.39, 0.29) is 23.6 Å². The highest BCUT2D eigenvalue weighted by Crippen LogP contribution is 2.43. The summed E-state index contributed by atoms with van der Waals surface area (Å²) in [7, 11) is 0. The highest BCUT2D eigenvalue weighted by molar-refractivity contribution is 5.86. The molecule has 4 atom stereocenters. The molecule has 4 unspecified atom stereocenters. The summed E-state index contributed by atoms with van der Waals surface area (Å²) in [6.45, 7) is 11.1. The molecule has 0 spiro atoms. The summed E-state index contributed by atoms with van der Waals surface area (Å²) in [6.07, 6.45) is 9.36. The molecule has 0 N–H and O–H groups in total. The summed E-state index contributed by atoms with van der Waals surface area (Å²) in [5, 5.41) is 0. The van der Waals surface area contributed by atoms with Gasteiger partial charge in [-0.15, -0.1) is 0 Å². The van der Waals surface area contributed by atoms with Crippen LogP contribution in [0.25, 0.3) is 0 Å². The summed E-state index contributed by atoms with van der Waals surface area (Å²) in [5.74, 6) is 0.800. The Balaban J connectivity index is 2.06. The maximum Gasteiger partial charge on any atom is 0.305 e. The van der Waals surface area contributed by atoms with Crippen LogP contribution in [-0.4, -0.2) is 30.1 Å². The van der Waals surface area contributed by atoms with Crippen molar-refractivity contribution in [2.24, 2.45) is 17.3 Å². The number of cyclic esters (lactones) is 1. The zero-order valence-electron chi connectivity index (χ0n) is 18.1. The van der Waals surface area contributed by atoms with E-state index in [4.69, 9.17) is 9.47 Å². The van der Waals surface area contributed by atoms with Crippen LogP contribution in [0, 0.1) is 17.3 Å². The highest BCUT2D eigenvalue weighted by Gasteiger charge is 2.51. The number of Topliss-reactive ketones (excluding diaryl/α,β-unsaturated/α-hetero) is 1. The van der Waals surface area contributed by atoms with Crippen LogP contribution >= 0.6 is 0 Å². The molecule has 2 aliphatic heterocycles. The van der Waals surface area contributed by atoms with Crippen molar-refractivity contribution in [2.75, 3.05) is 6.61 Å². The van der Waals surface area contributed by atoms with Crippen LogP contribution in [-0.2, 0) is 19.1 Å². The molecular formula is C23H40O4. The minimum atomic E-state index is -0.466. The first-order chi connectivity index (χ1) is 12.7. The average Bonchev–Trinajstić information content (AvgIpc) is 3.25. The van der Waals surface area contributed by atoms with E-state index in [0.29, 0.717) is 31.1 Å². The van der Waals surface area contributed by atoms with Gasteiger partial charge >= 0.3 is 5.97 Å². The van der Waals surface area contributed by atoms with Crippen LogP contribution in [0.1, 0.15) is 98.8 Å². The molecule has 2 heterocycles.